The van der Waals surface area contributed by atoms with E-state index >= 15 is 0 Å². The van der Waals surface area contributed by atoms with Gasteiger partial charge in [-0.25, -0.2) is 0 Å². The van der Waals surface area contributed by atoms with E-state index in [4.69, 9.17) is 15.2 Å². The number of methoxy groups -OCH3 is 2. The number of aromatic nitrogens is 2. The molecule has 0 aliphatic heterocycles. The molecular formula is C13H16BrN3O2. The molecular weight excluding hydrogens is 310 g/mol. The Bertz CT molecular complexity index is 603. The van der Waals surface area contributed by atoms with Gasteiger partial charge in [0.2, 0.25) is 0 Å². The van der Waals surface area contributed by atoms with Gasteiger partial charge in [-0.3, -0.25) is 4.68 Å². The number of aryl methyl sites for hydroxylation is 2. The second-order valence-corrected chi connectivity index (χ2v) is 4.99. The summed E-state index contributed by atoms with van der Waals surface area (Å²) in [6.07, 6.45) is 0. The van der Waals surface area contributed by atoms with Crippen molar-refractivity contribution in [2.45, 2.75) is 6.92 Å². The number of nitrogens with two attached hydrogens (primary N) is 1. The third kappa shape index (κ3) is 2.28. The molecule has 102 valence electrons. The highest BCUT2D eigenvalue weighted by atomic mass is 79.9. The number of nitrogens with zero attached hydrogens (tertiary/aromatic N) is 2. The molecule has 0 radical (unpaired) electrons. The highest BCUT2D eigenvalue weighted by Crippen LogP contribution is 2.44. The number of hydrogen-bond donors (Lipinski definition) is 1. The Morgan fingerprint density at radius 1 is 1.26 bits per heavy atom. The van der Waals surface area contributed by atoms with Crippen molar-refractivity contribution < 1.29 is 9.47 Å². The van der Waals surface area contributed by atoms with E-state index in [9.17, 15) is 0 Å². The number of anilines is 1. The number of rotatable bonds is 3. The van der Waals surface area contributed by atoms with Gasteiger partial charge in [-0.15, -0.1) is 0 Å². The predicted octanol–water partition coefficient (Wildman–Crippen LogP) is 2.76. The lowest BCUT2D eigenvalue weighted by molar-refractivity contribution is 0.399. The Morgan fingerprint density at radius 2 is 1.95 bits per heavy atom. The van der Waals surface area contributed by atoms with Crippen molar-refractivity contribution in [1.29, 1.82) is 0 Å². The van der Waals surface area contributed by atoms with Crippen LogP contribution in [0.2, 0.25) is 0 Å². The topological polar surface area (TPSA) is 62.3 Å². The molecule has 0 amide bonds. The molecule has 0 saturated heterocycles. The van der Waals surface area contributed by atoms with Crippen LogP contribution in [0.15, 0.2) is 16.6 Å². The predicted molar refractivity (Wildman–Crippen MR) is 78.6 cm³/mol. The molecule has 0 aliphatic carbocycles. The van der Waals surface area contributed by atoms with Crippen LogP contribution in [0.5, 0.6) is 11.5 Å². The first-order valence-corrected chi connectivity index (χ1v) is 6.49. The number of nitrogen functional groups attached to an aromatic ring is 1. The van der Waals surface area contributed by atoms with Gasteiger partial charge in [-0.1, -0.05) is 0 Å². The van der Waals surface area contributed by atoms with Crippen molar-refractivity contribution in [3.63, 3.8) is 0 Å². The molecule has 0 saturated carbocycles. The van der Waals surface area contributed by atoms with Crippen molar-refractivity contribution >= 4 is 21.7 Å². The fraction of sp³-hybridized carbons (Fsp3) is 0.308. The normalized spacial score (nSPS) is 10.6. The summed E-state index contributed by atoms with van der Waals surface area (Å²) in [5, 5.41) is 4.38. The lowest BCUT2D eigenvalue weighted by Crippen LogP contribution is -1.98. The Balaban J connectivity index is 2.73. The minimum absolute atomic E-state index is 0.587. The van der Waals surface area contributed by atoms with Crippen LogP contribution in [-0.2, 0) is 7.05 Å². The van der Waals surface area contributed by atoms with Crippen molar-refractivity contribution in [2.75, 3.05) is 20.0 Å². The average molecular weight is 326 g/mol. The molecule has 1 heterocycles. The van der Waals surface area contributed by atoms with E-state index in [1.165, 1.54) is 0 Å². The quantitative estimate of drug-likeness (QED) is 0.942. The summed E-state index contributed by atoms with van der Waals surface area (Å²) >= 11 is 3.56. The minimum atomic E-state index is 0.587. The van der Waals surface area contributed by atoms with Crippen LogP contribution in [0, 0.1) is 6.92 Å². The Hall–Kier alpha value is -1.69. The largest absolute Gasteiger partial charge is 0.496 e. The molecule has 5 nitrogen and oxygen atoms in total. The van der Waals surface area contributed by atoms with Crippen molar-refractivity contribution in [3.8, 4) is 22.8 Å². The van der Waals surface area contributed by atoms with Gasteiger partial charge < -0.3 is 15.2 Å². The lowest BCUT2D eigenvalue weighted by atomic mass is 10.1. The van der Waals surface area contributed by atoms with Gasteiger partial charge in [0.15, 0.2) is 0 Å². The maximum Gasteiger partial charge on any atom is 0.136 e. The molecule has 0 unspecified atom stereocenters. The number of ether oxygens (including phenoxy) is 2. The van der Waals surface area contributed by atoms with Crippen LogP contribution in [0.3, 0.4) is 0 Å². The van der Waals surface area contributed by atoms with Gasteiger partial charge in [0.25, 0.3) is 0 Å². The molecule has 6 heteroatoms. The zero-order valence-electron chi connectivity index (χ0n) is 11.3. The highest BCUT2D eigenvalue weighted by molar-refractivity contribution is 9.10. The van der Waals surface area contributed by atoms with Crippen LogP contribution < -0.4 is 15.2 Å². The second kappa shape index (κ2) is 5.13. The maximum absolute atomic E-state index is 5.83. The highest BCUT2D eigenvalue weighted by Gasteiger charge is 2.20. The van der Waals surface area contributed by atoms with Gasteiger partial charge in [0, 0.05) is 13.1 Å². The number of benzene rings is 1. The van der Waals surface area contributed by atoms with Crippen molar-refractivity contribution in [2.24, 2.45) is 7.05 Å². The minimum Gasteiger partial charge on any atom is -0.496 e. The second-order valence-electron chi connectivity index (χ2n) is 4.20. The summed E-state index contributed by atoms with van der Waals surface area (Å²) in [5.41, 5.74) is 8.39. The van der Waals surface area contributed by atoms with Gasteiger partial charge in [-0.05, 0) is 34.5 Å². The van der Waals surface area contributed by atoms with Crippen molar-refractivity contribution in [1.82, 2.24) is 9.78 Å². The third-order valence-corrected chi connectivity index (χ3v) is 3.72. The average Bonchev–Trinajstić information content (AvgIpc) is 2.68. The summed E-state index contributed by atoms with van der Waals surface area (Å²) < 4.78 is 13.3. The van der Waals surface area contributed by atoms with E-state index in [0.29, 0.717) is 5.82 Å². The maximum atomic E-state index is 5.83. The van der Waals surface area contributed by atoms with Crippen LogP contribution in [0.4, 0.5) is 5.82 Å². The first-order valence-electron chi connectivity index (χ1n) is 5.70. The van der Waals surface area contributed by atoms with Gasteiger partial charge in [-0.2, -0.15) is 5.10 Å². The van der Waals surface area contributed by atoms with Crippen LogP contribution in [0.25, 0.3) is 11.3 Å². The zero-order valence-corrected chi connectivity index (χ0v) is 12.9. The standard InChI is InChI=1S/C13H16BrN3O2/c1-7-5-9(18-3)11(12(14)13(7)19-4)8-6-10(15)17(2)16-8/h5-6H,15H2,1-4H3. The molecule has 0 aliphatic rings. The summed E-state index contributed by atoms with van der Waals surface area (Å²) in [6, 6.07) is 3.72. The molecule has 0 spiro atoms. The summed E-state index contributed by atoms with van der Waals surface area (Å²) in [5.74, 6) is 2.08. The summed E-state index contributed by atoms with van der Waals surface area (Å²) in [4.78, 5) is 0. The molecule has 19 heavy (non-hydrogen) atoms. The Morgan fingerprint density at radius 3 is 2.42 bits per heavy atom. The van der Waals surface area contributed by atoms with E-state index in [1.807, 2.05) is 13.0 Å². The molecule has 0 bridgehead atoms. The summed E-state index contributed by atoms with van der Waals surface area (Å²) in [6.45, 7) is 1.96. The van der Waals surface area contributed by atoms with Crippen molar-refractivity contribution in [3.05, 3.63) is 22.2 Å². The molecule has 2 rings (SSSR count). The molecule has 1 aromatic carbocycles. The van der Waals surface area contributed by atoms with Gasteiger partial charge in [0.05, 0.1) is 29.9 Å². The molecule has 0 fully saturated rings. The van der Waals surface area contributed by atoms with E-state index in [1.54, 1.807) is 32.0 Å². The van der Waals surface area contributed by atoms with E-state index in [2.05, 4.69) is 21.0 Å². The van der Waals surface area contributed by atoms with Gasteiger partial charge >= 0.3 is 0 Å². The van der Waals surface area contributed by atoms with Crippen LogP contribution in [-0.4, -0.2) is 24.0 Å². The van der Waals surface area contributed by atoms with E-state index < -0.39 is 0 Å². The first kappa shape index (κ1) is 13.7. The first-order chi connectivity index (χ1) is 8.99. The molecule has 2 aromatic rings. The Labute approximate surface area is 120 Å². The number of hydrogen-bond acceptors (Lipinski definition) is 4. The molecule has 2 N–H and O–H groups in total. The van der Waals surface area contributed by atoms with Crippen LogP contribution in [0.1, 0.15) is 5.56 Å². The monoisotopic (exact) mass is 325 g/mol. The smallest absolute Gasteiger partial charge is 0.136 e. The Kier molecular flexibility index (Phi) is 3.71. The lowest BCUT2D eigenvalue weighted by Gasteiger charge is -2.14. The molecule has 1 aromatic heterocycles. The fourth-order valence-corrected chi connectivity index (χ4v) is 2.86. The molecule has 0 atom stereocenters. The SMILES string of the molecule is COc1cc(C)c(OC)c(Br)c1-c1cc(N)n(C)n1. The summed E-state index contributed by atoms with van der Waals surface area (Å²) in [7, 11) is 5.06. The fourth-order valence-electron chi connectivity index (χ4n) is 1.98. The van der Waals surface area contributed by atoms with E-state index in [0.717, 1.165) is 32.8 Å². The third-order valence-electron chi connectivity index (χ3n) is 2.97. The zero-order chi connectivity index (χ0) is 14.2. The van der Waals surface area contributed by atoms with Crippen LogP contribution >= 0.6 is 15.9 Å². The van der Waals surface area contributed by atoms with Gasteiger partial charge in [0.1, 0.15) is 17.3 Å². The van der Waals surface area contributed by atoms with E-state index in [-0.39, 0.29) is 0 Å². The number of halogens is 1.